The number of quaternary nitrogens is 1. The summed E-state index contributed by atoms with van der Waals surface area (Å²) in [5.41, 5.74) is 2.19. The highest BCUT2D eigenvalue weighted by atomic mass is 32.1. The predicted octanol–water partition coefficient (Wildman–Crippen LogP) is 0.323. The molecule has 2 rings (SSSR count). The van der Waals surface area contributed by atoms with Crippen molar-refractivity contribution in [2.24, 2.45) is 0 Å². The second-order valence-corrected chi connectivity index (χ2v) is 6.06. The van der Waals surface area contributed by atoms with E-state index in [2.05, 4.69) is 24.5 Å². The zero-order chi connectivity index (χ0) is 15.9. The van der Waals surface area contributed by atoms with Gasteiger partial charge in [-0.25, -0.2) is 4.68 Å². The second kappa shape index (κ2) is 7.91. The van der Waals surface area contributed by atoms with Crippen LogP contribution in [0.25, 0.3) is 5.69 Å². The highest BCUT2D eigenvalue weighted by molar-refractivity contribution is 7.80. The van der Waals surface area contributed by atoms with Gasteiger partial charge in [-0.05, 0) is 24.4 Å². The van der Waals surface area contributed by atoms with Crippen molar-refractivity contribution in [2.45, 2.75) is 6.54 Å². The Bertz CT molecular complexity index is 594. The quantitative estimate of drug-likeness (QED) is 0.753. The Morgan fingerprint density at radius 1 is 1.32 bits per heavy atom. The Morgan fingerprint density at radius 3 is 2.73 bits per heavy atom. The highest BCUT2D eigenvalue weighted by Crippen LogP contribution is 2.09. The minimum Gasteiger partial charge on any atom is -0.357 e. The molecule has 22 heavy (non-hydrogen) atoms. The van der Waals surface area contributed by atoms with E-state index in [1.807, 2.05) is 59.4 Å². The van der Waals surface area contributed by atoms with Crippen LogP contribution < -0.4 is 10.2 Å². The van der Waals surface area contributed by atoms with Gasteiger partial charge in [0.15, 0.2) is 5.11 Å². The standard InChI is InChI=1S/C16H23N5S/c1-19(2)10-9-17-16(22)20(3)12-14-11-18-21(13-14)15-7-5-4-6-8-15/h4-8,11,13H,9-10,12H2,1-3H3,(H,17,22)/p+1. The molecule has 0 saturated carbocycles. The van der Waals surface area contributed by atoms with Crippen LogP contribution in [0.15, 0.2) is 42.7 Å². The van der Waals surface area contributed by atoms with Gasteiger partial charge in [-0.3, -0.25) is 0 Å². The first-order valence-electron chi connectivity index (χ1n) is 7.43. The van der Waals surface area contributed by atoms with Gasteiger partial charge in [0.1, 0.15) is 0 Å². The Balaban J connectivity index is 1.88. The topological polar surface area (TPSA) is 37.5 Å². The van der Waals surface area contributed by atoms with E-state index >= 15 is 0 Å². The highest BCUT2D eigenvalue weighted by Gasteiger charge is 2.07. The first-order valence-corrected chi connectivity index (χ1v) is 7.84. The first-order chi connectivity index (χ1) is 10.6. The molecule has 1 heterocycles. The van der Waals surface area contributed by atoms with Crippen LogP contribution in [-0.4, -0.2) is 54.0 Å². The first kappa shape index (κ1) is 16.5. The number of para-hydroxylation sites is 1. The third kappa shape index (κ3) is 4.82. The van der Waals surface area contributed by atoms with E-state index in [1.54, 1.807) is 0 Å². The molecule has 0 unspecified atom stereocenters. The Kier molecular flexibility index (Phi) is 5.91. The molecule has 0 aliphatic heterocycles. The molecule has 0 atom stereocenters. The van der Waals surface area contributed by atoms with Crippen LogP contribution in [0.5, 0.6) is 0 Å². The van der Waals surface area contributed by atoms with Crippen molar-refractivity contribution in [3.8, 4) is 5.69 Å². The van der Waals surface area contributed by atoms with Crippen LogP contribution in [0, 0.1) is 0 Å². The fourth-order valence-electron chi connectivity index (χ4n) is 2.06. The largest absolute Gasteiger partial charge is 0.357 e. The van der Waals surface area contributed by atoms with Gasteiger partial charge in [0.25, 0.3) is 0 Å². The van der Waals surface area contributed by atoms with Gasteiger partial charge in [0.05, 0.1) is 39.1 Å². The molecule has 0 fully saturated rings. The monoisotopic (exact) mass is 318 g/mol. The number of hydrogen-bond acceptors (Lipinski definition) is 2. The molecule has 6 heteroatoms. The summed E-state index contributed by atoms with van der Waals surface area (Å²) in [6.07, 6.45) is 3.93. The van der Waals surface area contributed by atoms with Crippen molar-refractivity contribution in [3.05, 3.63) is 48.3 Å². The average Bonchev–Trinajstić information content (AvgIpc) is 2.96. The van der Waals surface area contributed by atoms with E-state index < -0.39 is 0 Å². The van der Waals surface area contributed by atoms with Crippen LogP contribution in [0.3, 0.4) is 0 Å². The van der Waals surface area contributed by atoms with Crippen molar-refractivity contribution in [2.75, 3.05) is 34.2 Å². The lowest BCUT2D eigenvalue weighted by atomic mass is 10.3. The number of aromatic nitrogens is 2. The molecule has 0 aliphatic carbocycles. The van der Waals surface area contributed by atoms with Gasteiger partial charge in [-0.2, -0.15) is 5.10 Å². The second-order valence-electron chi connectivity index (χ2n) is 5.67. The minimum absolute atomic E-state index is 0.744. The van der Waals surface area contributed by atoms with E-state index in [-0.39, 0.29) is 0 Å². The summed E-state index contributed by atoms with van der Waals surface area (Å²) in [6, 6.07) is 10.1. The van der Waals surface area contributed by atoms with Crippen molar-refractivity contribution in [3.63, 3.8) is 0 Å². The van der Waals surface area contributed by atoms with Gasteiger partial charge in [-0.1, -0.05) is 18.2 Å². The SMILES string of the molecule is CN(Cc1cnn(-c2ccccc2)c1)C(=S)NCC[NH+](C)C. The Labute approximate surface area is 137 Å². The van der Waals surface area contributed by atoms with Crippen LogP contribution in [0.1, 0.15) is 5.56 Å². The molecule has 118 valence electrons. The molecule has 2 aromatic rings. The summed E-state index contributed by atoms with van der Waals surface area (Å²) < 4.78 is 1.88. The van der Waals surface area contributed by atoms with Gasteiger partial charge in [0, 0.05) is 25.4 Å². The number of likely N-dealkylation sites (N-methyl/N-ethyl adjacent to an activating group) is 1. The summed E-state index contributed by atoms with van der Waals surface area (Å²) in [4.78, 5) is 3.44. The van der Waals surface area contributed by atoms with Crippen LogP contribution in [-0.2, 0) is 6.54 Å². The molecule has 0 amide bonds. The third-order valence-corrected chi connectivity index (χ3v) is 3.78. The number of nitrogens with one attached hydrogen (secondary N) is 2. The zero-order valence-electron chi connectivity index (χ0n) is 13.4. The van der Waals surface area contributed by atoms with Crippen molar-refractivity contribution >= 4 is 17.3 Å². The fraction of sp³-hybridized carbons (Fsp3) is 0.375. The van der Waals surface area contributed by atoms with Crippen LogP contribution in [0.4, 0.5) is 0 Å². The van der Waals surface area contributed by atoms with E-state index in [1.165, 1.54) is 4.90 Å². The van der Waals surface area contributed by atoms with Crippen LogP contribution in [0.2, 0.25) is 0 Å². The summed E-state index contributed by atoms with van der Waals surface area (Å²) in [5, 5.41) is 8.46. The molecule has 2 N–H and O–H groups in total. The minimum atomic E-state index is 0.744. The summed E-state index contributed by atoms with van der Waals surface area (Å²) in [5.74, 6) is 0. The lowest BCUT2D eigenvalue weighted by Gasteiger charge is -2.20. The van der Waals surface area contributed by atoms with E-state index in [0.29, 0.717) is 0 Å². The smallest absolute Gasteiger partial charge is 0.169 e. The van der Waals surface area contributed by atoms with E-state index in [0.717, 1.165) is 36.0 Å². The molecule has 1 aromatic heterocycles. The van der Waals surface area contributed by atoms with E-state index in [9.17, 15) is 0 Å². The summed E-state index contributed by atoms with van der Waals surface area (Å²) in [7, 11) is 6.26. The van der Waals surface area contributed by atoms with Crippen molar-refractivity contribution in [1.29, 1.82) is 0 Å². The molecule has 0 radical (unpaired) electrons. The maximum absolute atomic E-state index is 5.41. The van der Waals surface area contributed by atoms with Gasteiger partial charge < -0.3 is 15.1 Å². The molecule has 0 bridgehead atoms. The van der Waals surface area contributed by atoms with Crippen molar-refractivity contribution in [1.82, 2.24) is 20.0 Å². The zero-order valence-corrected chi connectivity index (χ0v) is 14.2. The molecular weight excluding hydrogens is 294 g/mol. The average molecular weight is 318 g/mol. The molecule has 0 saturated heterocycles. The van der Waals surface area contributed by atoms with Crippen molar-refractivity contribution < 1.29 is 4.90 Å². The van der Waals surface area contributed by atoms with E-state index in [4.69, 9.17) is 12.2 Å². The number of benzene rings is 1. The molecule has 0 spiro atoms. The van der Waals surface area contributed by atoms with Gasteiger partial charge >= 0.3 is 0 Å². The maximum Gasteiger partial charge on any atom is 0.169 e. The summed E-state index contributed by atoms with van der Waals surface area (Å²) in [6.45, 7) is 2.67. The molecule has 5 nitrogen and oxygen atoms in total. The maximum atomic E-state index is 5.41. The molecule has 1 aromatic carbocycles. The normalized spacial score (nSPS) is 10.7. The number of nitrogens with zero attached hydrogens (tertiary/aromatic N) is 3. The van der Waals surface area contributed by atoms with Crippen LogP contribution >= 0.6 is 12.2 Å². The predicted molar refractivity (Wildman–Crippen MR) is 93.3 cm³/mol. The molecule has 0 aliphatic rings. The number of thiocarbonyl (C=S) groups is 1. The Hall–Kier alpha value is -1.92. The van der Waals surface area contributed by atoms with Gasteiger partial charge in [0.2, 0.25) is 0 Å². The third-order valence-electron chi connectivity index (χ3n) is 3.32. The van der Waals surface area contributed by atoms with Gasteiger partial charge in [-0.15, -0.1) is 0 Å². The Morgan fingerprint density at radius 2 is 2.05 bits per heavy atom. The fourth-order valence-corrected chi connectivity index (χ4v) is 2.23. The lowest BCUT2D eigenvalue weighted by molar-refractivity contribution is -0.856. The number of hydrogen-bond donors (Lipinski definition) is 2. The molecular formula is C16H24N5S+. The number of rotatable bonds is 6. The summed E-state index contributed by atoms with van der Waals surface area (Å²) >= 11 is 5.41. The lowest BCUT2D eigenvalue weighted by Crippen LogP contribution is -3.06.